The van der Waals surface area contributed by atoms with E-state index in [1.807, 2.05) is 0 Å². The molecule has 1 aliphatic rings. The van der Waals surface area contributed by atoms with Crippen LogP contribution in [0.1, 0.15) is 17.3 Å². The summed E-state index contributed by atoms with van der Waals surface area (Å²) in [6.45, 7) is 1.93. The molecule has 2 N–H and O–H groups in total. The zero-order valence-corrected chi connectivity index (χ0v) is 10.9. The van der Waals surface area contributed by atoms with Crippen molar-refractivity contribution in [2.45, 2.75) is 13.0 Å². The maximum absolute atomic E-state index is 12.3. The maximum atomic E-state index is 12.3. The van der Waals surface area contributed by atoms with Crippen molar-refractivity contribution < 1.29 is 13.2 Å². The fourth-order valence-corrected chi connectivity index (χ4v) is 3.61. The van der Waals surface area contributed by atoms with Crippen LogP contribution in [0.15, 0.2) is 18.3 Å². The molecule has 0 spiro atoms. The Hall–Kier alpha value is -1.63. The van der Waals surface area contributed by atoms with E-state index in [9.17, 15) is 13.2 Å². The number of rotatable bonds is 1. The molecule has 18 heavy (non-hydrogen) atoms. The van der Waals surface area contributed by atoms with E-state index in [0.717, 1.165) is 0 Å². The van der Waals surface area contributed by atoms with Gasteiger partial charge >= 0.3 is 0 Å². The molecule has 0 aliphatic carbocycles. The highest BCUT2D eigenvalue weighted by atomic mass is 32.2. The highest BCUT2D eigenvalue weighted by molar-refractivity contribution is 7.91. The fourth-order valence-electron chi connectivity index (χ4n) is 2.05. The van der Waals surface area contributed by atoms with Gasteiger partial charge in [0.05, 0.1) is 17.1 Å². The van der Waals surface area contributed by atoms with E-state index in [4.69, 9.17) is 5.73 Å². The van der Waals surface area contributed by atoms with E-state index in [1.165, 1.54) is 11.1 Å². The number of amides is 1. The third kappa shape index (κ3) is 2.45. The summed E-state index contributed by atoms with van der Waals surface area (Å²) in [5, 5.41) is 0. The van der Waals surface area contributed by atoms with Crippen LogP contribution in [-0.4, -0.2) is 48.3 Å². The molecule has 7 heteroatoms. The first-order chi connectivity index (χ1) is 8.41. The predicted molar refractivity (Wildman–Crippen MR) is 67.8 cm³/mol. The number of carbonyl (C=O) groups is 1. The normalized spacial score (nSPS) is 22.7. The van der Waals surface area contributed by atoms with Crippen LogP contribution >= 0.6 is 0 Å². The summed E-state index contributed by atoms with van der Waals surface area (Å²) >= 11 is 0. The summed E-state index contributed by atoms with van der Waals surface area (Å²) in [6.07, 6.45) is 1.51. The molecule has 1 aromatic heterocycles. The van der Waals surface area contributed by atoms with Crippen molar-refractivity contribution in [3.63, 3.8) is 0 Å². The molecule has 1 atom stereocenters. The Morgan fingerprint density at radius 2 is 2.28 bits per heavy atom. The first-order valence-corrected chi connectivity index (χ1v) is 7.45. The van der Waals surface area contributed by atoms with Crippen LogP contribution in [-0.2, 0) is 9.84 Å². The quantitative estimate of drug-likeness (QED) is 0.770. The van der Waals surface area contributed by atoms with Gasteiger partial charge in [-0.2, -0.15) is 0 Å². The van der Waals surface area contributed by atoms with Gasteiger partial charge in [-0.25, -0.2) is 13.4 Å². The minimum atomic E-state index is -3.03. The van der Waals surface area contributed by atoms with Crippen molar-refractivity contribution in [1.82, 2.24) is 9.88 Å². The number of aromatic nitrogens is 1. The number of pyridine rings is 1. The average Bonchev–Trinajstić information content (AvgIpc) is 2.27. The van der Waals surface area contributed by atoms with Gasteiger partial charge in [0, 0.05) is 18.8 Å². The predicted octanol–water partition coefficient (Wildman–Crippen LogP) is -0.0771. The van der Waals surface area contributed by atoms with Crippen LogP contribution in [0.3, 0.4) is 0 Å². The number of nitrogen functional groups attached to an aromatic ring is 1. The monoisotopic (exact) mass is 269 g/mol. The third-order valence-electron chi connectivity index (χ3n) is 3.00. The van der Waals surface area contributed by atoms with E-state index < -0.39 is 9.84 Å². The molecule has 1 aliphatic heterocycles. The van der Waals surface area contributed by atoms with Crippen LogP contribution in [0.5, 0.6) is 0 Å². The van der Waals surface area contributed by atoms with Gasteiger partial charge in [0.2, 0.25) is 0 Å². The van der Waals surface area contributed by atoms with Crippen LogP contribution < -0.4 is 5.73 Å². The molecule has 2 rings (SSSR count). The lowest BCUT2D eigenvalue weighted by Gasteiger charge is -2.33. The minimum absolute atomic E-state index is 0.00108. The van der Waals surface area contributed by atoms with Crippen molar-refractivity contribution in [1.29, 1.82) is 0 Å². The molecule has 1 fully saturated rings. The first-order valence-electron chi connectivity index (χ1n) is 5.62. The lowest BCUT2D eigenvalue weighted by molar-refractivity contribution is 0.0713. The summed E-state index contributed by atoms with van der Waals surface area (Å²) in [4.78, 5) is 17.6. The van der Waals surface area contributed by atoms with Crippen LogP contribution in [0.2, 0.25) is 0 Å². The van der Waals surface area contributed by atoms with Crippen molar-refractivity contribution in [3.8, 4) is 0 Å². The molecular formula is C11H15N3O3S. The zero-order chi connectivity index (χ0) is 13.3. The molecule has 1 unspecified atom stereocenters. The lowest BCUT2D eigenvalue weighted by atomic mass is 10.2. The van der Waals surface area contributed by atoms with Gasteiger partial charge in [-0.3, -0.25) is 4.79 Å². The second-order valence-electron chi connectivity index (χ2n) is 4.40. The fraction of sp³-hybridized carbons (Fsp3) is 0.455. The largest absolute Gasteiger partial charge is 0.383 e. The second-order valence-corrected chi connectivity index (χ2v) is 6.63. The minimum Gasteiger partial charge on any atom is -0.383 e. The van der Waals surface area contributed by atoms with Gasteiger partial charge in [0.1, 0.15) is 5.82 Å². The van der Waals surface area contributed by atoms with E-state index in [1.54, 1.807) is 19.1 Å². The Morgan fingerprint density at radius 1 is 1.56 bits per heavy atom. The van der Waals surface area contributed by atoms with E-state index >= 15 is 0 Å². The third-order valence-corrected chi connectivity index (χ3v) is 4.80. The number of nitrogens with two attached hydrogens (primary N) is 1. The smallest absolute Gasteiger partial charge is 0.257 e. The SMILES string of the molecule is CC1CS(=O)(=O)CCN1C(=O)c1cccnc1N. The topological polar surface area (TPSA) is 93.4 Å². The number of nitrogens with zero attached hydrogens (tertiary/aromatic N) is 2. The van der Waals surface area contributed by atoms with Crippen molar-refractivity contribution in [3.05, 3.63) is 23.9 Å². The zero-order valence-electron chi connectivity index (χ0n) is 10.0. The molecule has 0 aromatic carbocycles. The molecule has 1 saturated heterocycles. The summed E-state index contributed by atoms with van der Waals surface area (Å²) in [7, 11) is -3.03. The number of hydrogen-bond donors (Lipinski definition) is 1. The molecule has 6 nitrogen and oxygen atoms in total. The Bertz CT molecular complexity index is 571. The van der Waals surface area contributed by atoms with E-state index in [2.05, 4.69) is 4.98 Å². The number of carbonyl (C=O) groups excluding carboxylic acids is 1. The van der Waals surface area contributed by atoms with E-state index in [0.29, 0.717) is 5.56 Å². The summed E-state index contributed by atoms with van der Waals surface area (Å²) in [5.41, 5.74) is 5.97. The molecule has 98 valence electrons. The lowest BCUT2D eigenvalue weighted by Crippen LogP contribution is -2.49. The van der Waals surface area contributed by atoms with Gasteiger partial charge in [0.25, 0.3) is 5.91 Å². The molecule has 1 amide bonds. The molecule has 0 saturated carbocycles. The Balaban J connectivity index is 2.23. The maximum Gasteiger partial charge on any atom is 0.257 e. The molecule has 2 heterocycles. The second kappa shape index (κ2) is 4.56. The summed E-state index contributed by atoms with van der Waals surface area (Å²) < 4.78 is 22.9. The van der Waals surface area contributed by atoms with Crippen LogP contribution in [0.25, 0.3) is 0 Å². The Labute approximate surface area is 106 Å². The highest BCUT2D eigenvalue weighted by Crippen LogP contribution is 2.17. The molecule has 1 aromatic rings. The summed E-state index contributed by atoms with van der Waals surface area (Å²) in [5.74, 6) is -0.0894. The average molecular weight is 269 g/mol. The first kappa shape index (κ1) is 12.8. The van der Waals surface area contributed by atoms with Crippen LogP contribution in [0, 0.1) is 0 Å². The highest BCUT2D eigenvalue weighted by Gasteiger charge is 2.32. The molecule has 0 bridgehead atoms. The molecule has 0 radical (unpaired) electrons. The van der Waals surface area contributed by atoms with Gasteiger partial charge in [-0.05, 0) is 19.1 Å². The van der Waals surface area contributed by atoms with Gasteiger partial charge in [0.15, 0.2) is 9.84 Å². The number of hydrogen-bond acceptors (Lipinski definition) is 5. The molecular weight excluding hydrogens is 254 g/mol. The van der Waals surface area contributed by atoms with Gasteiger partial charge in [-0.1, -0.05) is 0 Å². The van der Waals surface area contributed by atoms with Gasteiger partial charge in [-0.15, -0.1) is 0 Å². The van der Waals surface area contributed by atoms with Crippen molar-refractivity contribution in [2.75, 3.05) is 23.8 Å². The number of sulfone groups is 1. The summed E-state index contributed by atoms with van der Waals surface area (Å²) in [6, 6.07) is 2.89. The standard InChI is InChI=1S/C11H15N3O3S/c1-8-7-18(16,17)6-5-14(8)11(15)9-3-2-4-13-10(9)12/h2-4,8H,5-7H2,1H3,(H2,12,13). The van der Waals surface area contributed by atoms with Crippen LogP contribution in [0.4, 0.5) is 5.82 Å². The number of anilines is 1. The van der Waals surface area contributed by atoms with Crippen molar-refractivity contribution in [2.24, 2.45) is 0 Å². The van der Waals surface area contributed by atoms with E-state index in [-0.39, 0.29) is 35.8 Å². The van der Waals surface area contributed by atoms with Crippen molar-refractivity contribution >= 4 is 21.6 Å². The Kier molecular flexibility index (Phi) is 3.25. The van der Waals surface area contributed by atoms with Gasteiger partial charge < -0.3 is 10.6 Å². The Morgan fingerprint density at radius 3 is 2.89 bits per heavy atom.